The van der Waals surface area contributed by atoms with Crippen molar-refractivity contribution in [1.29, 1.82) is 0 Å². The number of amides is 1. The molecule has 0 bridgehead atoms. The first-order valence-electron chi connectivity index (χ1n) is 8.32. The fraction of sp³-hybridized carbons (Fsp3) is 0.350. The number of carbonyl (C=O) groups is 1. The van der Waals surface area contributed by atoms with Gasteiger partial charge in [-0.2, -0.15) is 0 Å². The van der Waals surface area contributed by atoms with Crippen molar-refractivity contribution in [1.82, 2.24) is 5.32 Å². The molecule has 3 rings (SSSR count). The fourth-order valence-electron chi connectivity index (χ4n) is 3.16. The van der Waals surface area contributed by atoms with Crippen LogP contribution in [-0.4, -0.2) is 18.6 Å². The van der Waals surface area contributed by atoms with Gasteiger partial charge in [-0.3, -0.25) is 4.79 Å². The molecule has 0 saturated carbocycles. The Kier molecular flexibility index (Phi) is 4.96. The van der Waals surface area contributed by atoms with E-state index in [-0.39, 0.29) is 11.9 Å². The first-order valence-corrected chi connectivity index (χ1v) is 8.32. The molecule has 0 radical (unpaired) electrons. The minimum atomic E-state index is 0.0959. The lowest BCUT2D eigenvalue weighted by Gasteiger charge is -2.25. The Morgan fingerprint density at radius 2 is 1.87 bits per heavy atom. The van der Waals surface area contributed by atoms with Gasteiger partial charge < -0.3 is 10.1 Å². The van der Waals surface area contributed by atoms with Crippen molar-refractivity contribution >= 4 is 5.91 Å². The van der Waals surface area contributed by atoms with E-state index >= 15 is 0 Å². The monoisotopic (exact) mass is 309 g/mol. The standard InChI is InChI=1S/C20H23NO2/c1-2-23-19-11-7-15(8-12-19)13-20(22)21-18-10-9-16-5-3-4-6-17(16)14-18/h3-8,11-12,18H,2,9-10,13-14H2,1H3,(H,21,22). The zero-order chi connectivity index (χ0) is 16.1. The zero-order valence-corrected chi connectivity index (χ0v) is 13.5. The molecule has 0 aliphatic heterocycles. The number of hydrogen-bond acceptors (Lipinski definition) is 2. The molecule has 0 saturated heterocycles. The average molecular weight is 309 g/mol. The number of hydrogen-bond donors (Lipinski definition) is 1. The normalized spacial score (nSPS) is 16.5. The Balaban J connectivity index is 1.54. The van der Waals surface area contributed by atoms with Crippen molar-refractivity contribution in [2.24, 2.45) is 0 Å². The van der Waals surface area contributed by atoms with Crippen LogP contribution in [0.1, 0.15) is 30.0 Å². The van der Waals surface area contributed by atoms with Crippen molar-refractivity contribution in [3.63, 3.8) is 0 Å². The van der Waals surface area contributed by atoms with Crippen LogP contribution in [0.15, 0.2) is 48.5 Å². The van der Waals surface area contributed by atoms with Gasteiger partial charge in [-0.05, 0) is 55.0 Å². The highest BCUT2D eigenvalue weighted by atomic mass is 16.5. The molecule has 0 spiro atoms. The summed E-state index contributed by atoms with van der Waals surface area (Å²) in [5.41, 5.74) is 3.80. The van der Waals surface area contributed by atoms with E-state index in [1.54, 1.807) is 0 Å². The van der Waals surface area contributed by atoms with Crippen molar-refractivity contribution in [3.8, 4) is 5.75 Å². The molecule has 2 aromatic rings. The van der Waals surface area contributed by atoms with E-state index in [2.05, 4.69) is 29.6 Å². The van der Waals surface area contributed by atoms with E-state index in [1.165, 1.54) is 11.1 Å². The summed E-state index contributed by atoms with van der Waals surface area (Å²) in [6.07, 6.45) is 3.42. The molecule has 1 N–H and O–H groups in total. The van der Waals surface area contributed by atoms with Gasteiger partial charge in [0.1, 0.15) is 5.75 Å². The molecule has 120 valence electrons. The van der Waals surface area contributed by atoms with E-state index in [1.807, 2.05) is 31.2 Å². The molecular weight excluding hydrogens is 286 g/mol. The third-order valence-corrected chi connectivity index (χ3v) is 4.31. The Morgan fingerprint density at radius 1 is 1.13 bits per heavy atom. The Labute approximate surface area is 137 Å². The van der Waals surface area contributed by atoms with Crippen molar-refractivity contribution in [2.45, 2.75) is 38.6 Å². The maximum absolute atomic E-state index is 12.3. The molecule has 1 amide bonds. The summed E-state index contributed by atoms with van der Waals surface area (Å²) < 4.78 is 5.42. The second kappa shape index (κ2) is 7.32. The molecule has 1 aliphatic rings. The van der Waals surface area contributed by atoms with Crippen molar-refractivity contribution in [2.75, 3.05) is 6.61 Å². The quantitative estimate of drug-likeness (QED) is 0.920. The van der Waals surface area contributed by atoms with Crippen LogP contribution in [0.25, 0.3) is 0 Å². The predicted molar refractivity (Wildman–Crippen MR) is 91.7 cm³/mol. The van der Waals surface area contributed by atoms with Gasteiger partial charge in [0.2, 0.25) is 5.91 Å². The molecule has 3 nitrogen and oxygen atoms in total. The summed E-state index contributed by atoms with van der Waals surface area (Å²) in [6.45, 7) is 2.62. The number of aryl methyl sites for hydroxylation is 1. The van der Waals surface area contributed by atoms with Crippen LogP contribution < -0.4 is 10.1 Å². The SMILES string of the molecule is CCOc1ccc(CC(=O)NC2CCc3ccccc3C2)cc1. The summed E-state index contributed by atoms with van der Waals surface area (Å²) >= 11 is 0. The molecule has 0 fully saturated rings. The van der Waals surface area contributed by atoms with Gasteiger partial charge in [0.15, 0.2) is 0 Å². The molecule has 23 heavy (non-hydrogen) atoms. The number of nitrogens with one attached hydrogen (secondary N) is 1. The van der Waals surface area contributed by atoms with Crippen molar-refractivity contribution in [3.05, 3.63) is 65.2 Å². The van der Waals surface area contributed by atoms with Crippen LogP contribution in [0, 0.1) is 0 Å². The lowest BCUT2D eigenvalue weighted by molar-refractivity contribution is -0.121. The maximum Gasteiger partial charge on any atom is 0.224 e. The largest absolute Gasteiger partial charge is 0.494 e. The van der Waals surface area contributed by atoms with Gasteiger partial charge in [0.05, 0.1) is 13.0 Å². The average Bonchev–Trinajstić information content (AvgIpc) is 2.57. The zero-order valence-electron chi connectivity index (χ0n) is 13.5. The van der Waals surface area contributed by atoms with Crippen LogP contribution in [0.4, 0.5) is 0 Å². The summed E-state index contributed by atoms with van der Waals surface area (Å²) in [5.74, 6) is 0.944. The van der Waals surface area contributed by atoms with E-state index in [0.29, 0.717) is 13.0 Å². The van der Waals surface area contributed by atoms with Crippen LogP contribution in [0.5, 0.6) is 5.75 Å². The van der Waals surface area contributed by atoms with Crippen molar-refractivity contribution < 1.29 is 9.53 Å². The summed E-state index contributed by atoms with van der Waals surface area (Å²) in [5, 5.41) is 3.18. The summed E-state index contributed by atoms with van der Waals surface area (Å²) in [7, 11) is 0. The Morgan fingerprint density at radius 3 is 2.61 bits per heavy atom. The molecule has 1 atom stereocenters. The molecule has 1 unspecified atom stereocenters. The lowest BCUT2D eigenvalue weighted by atomic mass is 9.88. The highest BCUT2D eigenvalue weighted by Gasteiger charge is 2.19. The smallest absolute Gasteiger partial charge is 0.224 e. The number of fused-ring (bicyclic) bond motifs is 1. The summed E-state index contributed by atoms with van der Waals surface area (Å²) in [6, 6.07) is 16.5. The van der Waals surface area contributed by atoms with Gasteiger partial charge in [0.25, 0.3) is 0 Å². The molecule has 0 aromatic heterocycles. The van der Waals surface area contributed by atoms with Crippen LogP contribution in [0.3, 0.4) is 0 Å². The Bertz CT molecular complexity index is 664. The maximum atomic E-state index is 12.3. The second-order valence-corrected chi connectivity index (χ2v) is 6.03. The first kappa shape index (κ1) is 15.6. The third kappa shape index (κ3) is 4.13. The predicted octanol–water partition coefficient (Wildman–Crippen LogP) is 3.30. The highest BCUT2D eigenvalue weighted by Crippen LogP contribution is 2.21. The minimum absolute atomic E-state index is 0.0959. The molecular formula is C20H23NO2. The summed E-state index contributed by atoms with van der Waals surface area (Å²) in [4.78, 5) is 12.3. The number of benzene rings is 2. The number of carbonyl (C=O) groups excluding carboxylic acids is 1. The topological polar surface area (TPSA) is 38.3 Å². The van der Waals surface area contributed by atoms with E-state index < -0.39 is 0 Å². The molecule has 0 heterocycles. The Hall–Kier alpha value is -2.29. The fourth-order valence-corrected chi connectivity index (χ4v) is 3.16. The molecule has 2 aromatic carbocycles. The van der Waals surface area contributed by atoms with Gasteiger partial charge in [-0.25, -0.2) is 0 Å². The van der Waals surface area contributed by atoms with Crippen LogP contribution in [0.2, 0.25) is 0 Å². The van der Waals surface area contributed by atoms with E-state index in [4.69, 9.17) is 4.74 Å². The minimum Gasteiger partial charge on any atom is -0.494 e. The lowest BCUT2D eigenvalue weighted by Crippen LogP contribution is -2.39. The van der Waals surface area contributed by atoms with E-state index in [9.17, 15) is 4.79 Å². The van der Waals surface area contributed by atoms with E-state index in [0.717, 1.165) is 30.6 Å². The third-order valence-electron chi connectivity index (χ3n) is 4.31. The molecule has 3 heteroatoms. The van der Waals surface area contributed by atoms with Gasteiger partial charge in [-0.1, -0.05) is 36.4 Å². The van der Waals surface area contributed by atoms with Gasteiger partial charge >= 0.3 is 0 Å². The van der Waals surface area contributed by atoms with Gasteiger partial charge in [-0.15, -0.1) is 0 Å². The second-order valence-electron chi connectivity index (χ2n) is 6.03. The first-order chi connectivity index (χ1) is 11.2. The van der Waals surface area contributed by atoms with Gasteiger partial charge in [0, 0.05) is 6.04 Å². The van der Waals surface area contributed by atoms with Crippen LogP contribution in [-0.2, 0) is 24.1 Å². The highest BCUT2D eigenvalue weighted by molar-refractivity contribution is 5.79. The number of ether oxygens (including phenoxy) is 1. The molecule has 1 aliphatic carbocycles. The number of rotatable bonds is 5. The van der Waals surface area contributed by atoms with Crippen LogP contribution >= 0.6 is 0 Å².